The van der Waals surface area contributed by atoms with E-state index < -0.39 is 0 Å². The maximum absolute atomic E-state index is 5.93. The van der Waals surface area contributed by atoms with E-state index in [2.05, 4.69) is 32.0 Å². The summed E-state index contributed by atoms with van der Waals surface area (Å²) in [5, 5.41) is 0. The van der Waals surface area contributed by atoms with Crippen LogP contribution in [-0.2, 0) is 13.0 Å². The molecule has 2 aromatic carbocycles. The second-order valence-electron chi connectivity index (χ2n) is 5.24. The molecule has 112 valence electrons. The van der Waals surface area contributed by atoms with E-state index in [0.717, 1.165) is 23.5 Å². The molecule has 2 N–H and O–H groups in total. The molecule has 2 aromatic rings. The lowest BCUT2D eigenvalue weighted by molar-refractivity contribution is 0.283. The van der Waals surface area contributed by atoms with Gasteiger partial charge in [-0.2, -0.15) is 0 Å². The topological polar surface area (TPSA) is 44.5 Å². The highest BCUT2D eigenvalue weighted by atomic mass is 16.5. The Morgan fingerprint density at radius 3 is 2.52 bits per heavy atom. The van der Waals surface area contributed by atoms with Crippen LogP contribution in [0.4, 0.5) is 0 Å². The largest absolute Gasteiger partial charge is 0.493 e. The van der Waals surface area contributed by atoms with Crippen LogP contribution in [0.15, 0.2) is 36.4 Å². The van der Waals surface area contributed by atoms with Crippen molar-refractivity contribution in [1.29, 1.82) is 0 Å². The molecular weight excluding hydrogens is 262 g/mol. The molecule has 0 saturated carbocycles. The monoisotopic (exact) mass is 285 g/mol. The Kier molecular flexibility index (Phi) is 5.23. The van der Waals surface area contributed by atoms with Crippen LogP contribution in [0.1, 0.15) is 22.3 Å². The smallest absolute Gasteiger partial charge is 0.161 e. The summed E-state index contributed by atoms with van der Waals surface area (Å²) in [5.74, 6) is 1.52. The number of rotatable bonds is 6. The lowest BCUT2D eigenvalue weighted by Crippen LogP contribution is -2.04. The minimum atomic E-state index is 0.542. The molecule has 0 atom stereocenters. The second-order valence-corrected chi connectivity index (χ2v) is 5.24. The third-order valence-electron chi connectivity index (χ3n) is 3.55. The summed E-state index contributed by atoms with van der Waals surface area (Å²) < 4.78 is 11.3. The zero-order valence-electron chi connectivity index (χ0n) is 13.0. The normalized spacial score (nSPS) is 10.5. The third kappa shape index (κ3) is 3.99. The SMILES string of the molecule is COc1cc(CCN)ccc1OCc1cc(C)ccc1C. The summed E-state index contributed by atoms with van der Waals surface area (Å²) in [6.07, 6.45) is 0.841. The number of aryl methyl sites for hydroxylation is 2. The van der Waals surface area contributed by atoms with E-state index in [0.29, 0.717) is 13.2 Å². The summed E-state index contributed by atoms with van der Waals surface area (Å²) >= 11 is 0. The van der Waals surface area contributed by atoms with Crippen LogP contribution in [0.5, 0.6) is 11.5 Å². The highest BCUT2D eigenvalue weighted by Crippen LogP contribution is 2.29. The average Bonchev–Trinajstić information content (AvgIpc) is 2.49. The Morgan fingerprint density at radius 1 is 1.00 bits per heavy atom. The van der Waals surface area contributed by atoms with Crippen molar-refractivity contribution < 1.29 is 9.47 Å². The molecule has 0 aliphatic rings. The number of benzene rings is 2. The molecule has 0 saturated heterocycles. The highest BCUT2D eigenvalue weighted by Gasteiger charge is 2.07. The molecule has 0 unspecified atom stereocenters. The molecule has 3 nitrogen and oxygen atoms in total. The first-order valence-corrected chi connectivity index (χ1v) is 7.20. The Bertz CT molecular complexity index is 608. The van der Waals surface area contributed by atoms with Gasteiger partial charge in [-0.25, -0.2) is 0 Å². The van der Waals surface area contributed by atoms with Crippen LogP contribution in [0.25, 0.3) is 0 Å². The molecule has 0 bridgehead atoms. The lowest BCUT2D eigenvalue weighted by Gasteiger charge is -2.13. The van der Waals surface area contributed by atoms with Crippen LogP contribution in [0.3, 0.4) is 0 Å². The number of methoxy groups -OCH3 is 1. The summed E-state index contributed by atoms with van der Waals surface area (Å²) in [6.45, 7) is 5.36. The van der Waals surface area contributed by atoms with E-state index in [1.54, 1.807) is 7.11 Å². The number of hydrogen-bond donors (Lipinski definition) is 1. The average molecular weight is 285 g/mol. The number of hydrogen-bond acceptors (Lipinski definition) is 3. The molecule has 0 aliphatic carbocycles. The number of ether oxygens (including phenoxy) is 2. The fraction of sp³-hybridized carbons (Fsp3) is 0.333. The first-order valence-electron chi connectivity index (χ1n) is 7.20. The molecule has 0 amide bonds. The van der Waals surface area contributed by atoms with Gasteiger partial charge in [0.2, 0.25) is 0 Å². The fourth-order valence-corrected chi connectivity index (χ4v) is 2.26. The van der Waals surface area contributed by atoms with Crippen molar-refractivity contribution in [3.05, 3.63) is 58.7 Å². The van der Waals surface area contributed by atoms with Crippen molar-refractivity contribution in [2.24, 2.45) is 5.73 Å². The molecule has 0 spiro atoms. The van der Waals surface area contributed by atoms with Crippen LogP contribution >= 0.6 is 0 Å². The van der Waals surface area contributed by atoms with Crippen LogP contribution in [0, 0.1) is 13.8 Å². The van der Waals surface area contributed by atoms with Crippen LogP contribution < -0.4 is 15.2 Å². The third-order valence-corrected chi connectivity index (χ3v) is 3.55. The van der Waals surface area contributed by atoms with Gasteiger partial charge in [0.1, 0.15) is 6.61 Å². The predicted molar refractivity (Wildman–Crippen MR) is 86.0 cm³/mol. The molecule has 0 fully saturated rings. The van der Waals surface area contributed by atoms with Crippen molar-refractivity contribution >= 4 is 0 Å². The molecule has 3 heteroatoms. The minimum Gasteiger partial charge on any atom is -0.493 e. The quantitative estimate of drug-likeness (QED) is 0.884. The Labute approximate surface area is 126 Å². The van der Waals surface area contributed by atoms with Gasteiger partial charge in [0.05, 0.1) is 7.11 Å². The predicted octanol–water partition coefficient (Wildman–Crippen LogP) is 3.39. The van der Waals surface area contributed by atoms with Gasteiger partial charge in [0.15, 0.2) is 11.5 Å². The summed E-state index contributed by atoms with van der Waals surface area (Å²) in [6, 6.07) is 12.4. The first-order chi connectivity index (χ1) is 10.1. The summed E-state index contributed by atoms with van der Waals surface area (Å²) in [7, 11) is 1.66. The van der Waals surface area contributed by atoms with Crippen molar-refractivity contribution in [2.45, 2.75) is 26.9 Å². The summed E-state index contributed by atoms with van der Waals surface area (Å²) in [5.41, 5.74) is 10.4. The van der Waals surface area contributed by atoms with Gasteiger partial charge in [-0.15, -0.1) is 0 Å². The van der Waals surface area contributed by atoms with Gasteiger partial charge in [0, 0.05) is 0 Å². The minimum absolute atomic E-state index is 0.542. The zero-order valence-corrected chi connectivity index (χ0v) is 13.0. The maximum Gasteiger partial charge on any atom is 0.161 e. The van der Waals surface area contributed by atoms with Gasteiger partial charge < -0.3 is 15.2 Å². The van der Waals surface area contributed by atoms with Gasteiger partial charge in [-0.1, -0.05) is 29.8 Å². The van der Waals surface area contributed by atoms with Gasteiger partial charge >= 0.3 is 0 Å². The van der Waals surface area contributed by atoms with E-state index in [-0.39, 0.29) is 0 Å². The zero-order chi connectivity index (χ0) is 15.2. The standard InChI is InChI=1S/C18H23NO2/c1-13-4-5-14(2)16(10-13)12-21-17-7-6-15(8-9-19)11-18(17)20-3/h4-7,10-11H,8-9,12,19H2,1-3H3. The Hall–Kier alpha value is -2.00. The number of nitrogens with two attached hydrogens (primary N) is 1. The van der Waals surface area contributed by atoms with Gasteiger partial charge in [-0.3, -0.25) is 0 Å². The molecule has 21 heavy (non-hydrogen) atoms. The summed E-state index contributed by atoms with van der Waals surface area (Å²) in [4.78, 5) is 0. The molecule has 0 aromatic heterocycles. The van der Waals surface area contributed by atoms with Gasteiger partial charge in [0.25, 0.3) is 0 Å². The highest BCUT2D eigenvalue weighted by molar-refractivity contribution is 5.43. The fourth-order valence-electron chi connectivity index (χ4n) is 2.26. The molecule has 0 radical (unpaired) electrons. The van der Waals surface area contributed by atoms with Crippen LogP contribution in [0.2, 0.25) is 0 Å². The van der Waals surface area contributed by atoms with E-state index in [9.17, 15) is 0 Å². The van der Waals surface area contributed by atoms with Crippen molar-refractivity contribution in [3.63, 3.8) is 0 Å². The lowest BCUT2D eigenvalue weighted by atomic mass is 10.1. The molecular formula is C18H23NO2. The second kappa shape index (κ2) is 7.14. The van der Waals surface area contributed by atoms with E-state index in [4.69, 9.17) is 15.2 Å². The van der Waals surface area contributed by atoms with Crippen LogP contribution in [-0.4, -0.2) is 13.7 Å². The van der Waals surface area contributed by atoms with Crippen molar-refractivity contribution in [3.8, 4) is 11.5 Å². The molecule has 2 rings (SSSR count). The molecule has 0 aliphatic heterocycles. The maximum atomic E-state index is 5.93. The first kappa shape index (κ1) is 15.4. The Morgan fingerprint density at radius 2 is 1.81 bits per heavy atom. The van der Waals surface area contributed by atoms with E-state index in [1.807, 2.05) is 18.2 Å². The van der Waals surface area contributed by atoms with Crippen molar-refractivity contribution in [1.82, 2.24) is 0 Å². The van der Waals surface area contributed by atoms with E-state index in [1.165, 1.54) is 16.7 Å². The van der Waals surface area contributed by atoms with E-state index >= 15 is 0 Å². The van der Waals surface area contributed by atoms with Gasteiger partial charge in [-0.05, 0) is 55.6 Å². The molecule has 0 heterocycles. The van der Waals surface area contributed by atoms with Crippen molar-refractivity contribution in [2.75, 3.05) is 13.7 Å². The Balaban J connectivity index is 2.14.